The molecule has 1 aliphatic rings. The number of methoxy groups -OCH3 is 1. The first kappa shape index (κ1) is 9.71. The molecule has 1 aromatic rings. The van der Waals surface area contributed by atoms with Crippen LogP contribution in [0.25, 0.3) is 0 Å². The Balaban J connectivity index is 2.41. The third-order valence-corrected chi connectivity index (χ3v) is 2.45. The highest BCUT2D eigenvalue weighted by Crippen LogP contribution is 2.16. The van der Waals surface area contributed by atoms with E-state index in [0.717, 1.165) is 12.0 Å². The molecule has 1 aromatic carbocycles. The predicted octanol–water partition coefficient (Wildman–Crippen LogP) is 0.759. The Morgan fingerprint density at radius 2 is 2.27 bits per heavy atom. The van der Waals surface area contributed by atoms with Gasteiger partial charge in [0.2, 0.25) is 0 Å². The maximum Gasteiger partial charge on any atom is 0.337 e. The molecule has 0 aromatic heterocycles. The van der Waals surface area contributed by atoms with E-state index in [0.29, 0.717) is 17.7 Å². The minimum absolute atomic E-state index is 0.0762. The largest absolute Gasteiger partial charge is 0.465 e. The van der Waals surface area contributed by atoms with Crippen molar-refractivity contribution >= 4 is 11.9 Å². The summed E-state index contributed by atoms with van der Waals surface area (Å²) in [5.41, 5.74) is 2.04. The van der Waals surface area contributed by atoms with Crippen molar-refractivity contribution in [1.29, 1.82) is 0 Å². The Hall–Kier alpha value is -1.84. The Kier molecular flexibility index (Phi) is 2.41. The first-order valence-corrected chi connectivity index (χ1v) is 4.72. The number of fused-ring (bicyclic) bond motifs is 1. The lowest BCUT2D eigenvalue weighted by Gasteiger charge is -2.16. The molecule has 15 heavy (non-hydrogen) atoms. The number of carbonyl (C=O) groups excluding carboxylic acids is 2. The first-order chi connectivity index (χ1) is 7.22. The first-order valence-electron chi connectivity index (χ1n) is 4.72. The van der Waals surface area contributed by atoms with Crippen molar-refractivity contribution in [2.45, 2.75) is 6.42 Å². The summed E-state index contributed by atoms with van der Waals surface area (Å²) in [5, 5.41) is 2.75. The summed E-state index contributed by atoms with van der Waals surface area (Å²) in [6.07, 6.45) is 0.756. The summed E-state index contributed by atoms with van der Waals surface area (Å²) >= 11 is 0. The maximum absolute atomic E-state index is 11.4. The van der Waals surface area contributed by atoms with Gasteiger partial charge >= 0.3 is 5.97 Å². The molecule has 0 saturated carbocycles. The standard InChI is InChI=1S/C11H11NO3/c1-15-11(14)8-2-3-9-7(6-8)4-5-12-10(9)13/h2-3,6H,4-5H2,1H3,(H,12,13). The fraction of sp³-hybridized carbons (Fsp3) is 0.273. The molecular formula is C11H11NO3. The molecule has 0 fully saturated rings. The highest BCUT2D eigenvalue weighted by Gasteiger charge is 2.18. The van der Waals surface area contributed by atoms with Crippen LogP contribution in [0.1, 0.15) is 26.3 Å². The van der Waals surface area contributed by atoms with Crippen molar-refractivity contribution in [3.05, 3.63) is 34.9 Å². The number of amides is 1. The molecule has 1 aliphatic heterocycles. The Bertz CT molecular complexity index is 426. The van der Waals surface area contributed by atoms with Crippen LogP contribution in [0.15, 0.2) is 18.2 Å². The van der Waals surface area contributed by atoms with Crippen molar-refractivity contribution in [2.24, 2.45) is 0 Å². The quantitative estimate of drug-likeness (QED) is 0.688. The predicted molar refractivity (Wildman–Crippen MR) is 53.8 cm³/mol. The average molecular weight is 205 g/mol. The maximum atomic E-state index is 11.4. The van der Waals surface area contributed by atoms with Gasteiger partial charge in [-0.2, -0.15) is 0 Å². The van der Waals surface area contributed by atoms with Crippen LogP contribution >= 0.6 is 0 Å². The van der Waals surface area contributed by atoms with Crippen LogP contribution in [0, 0.1) is 0 Å². The fourth-order valence-electron chi connectivity index (χ4n) is 1.67. The molecule has 2 rings (SSSR count). The van der Waals surface area contributed by atoms with Crippen molar-refractivity contribution in [1.82, 2.24) is 5.32 Å². The van der Waals surface area contributed by atoms with Gasteiger partial charge in [-0.3, -0.25) is 4.79 Å². The van der Waals surface area contributed by atoms with Gasteiger partial charge in [0.15, 0.2) is 0 Å². The number of esters is 1. The zero-order chi connectivity index (χ0) is 10.8. The van der Waals surface area contributed by atoms with Gasteiger partial charge in [-0.05, 0) is 30.2 Å². The van der Waals surface area contributed by atoms with E-state index in [2.05, 4.69) is 10.1 Å². The lowest BCUT2D eigenvalue weighted by atomic mass is 9.98. The van der Waals surface area contributed by atoms with Crippen LogP contribution in [0.5, 0.6) is 0 Å². The number of nitrogens with one attached hydrogen (secondary N) is 1. The van der Waals surface area contributed by atoms with Gasteiger partial charge in [0, 0.05) is 12.1 Å². The van der Waals surface area contributed by atoms with E-state index < -0.39 is 0 Å². The highest BCUT2D eigenvalue weighted by atomic mass is 16.5. The second-order valence-corrected chi connectivity index (χ2v) is 3.37. The van der Waals surface area contributed by atoms with Gasteiger partial charge < -0.3 is 10.1 Å². The number of rotatable bonds is 1. The molecule has 4 heteroatoms. The lowest BCUT2D eigenvalue weighted by Crippen LogP contribution is -2.31. The second kappa shape index (κ2) is 3.73. The van der Waals surface area contributed by atoms with Crippen molar-refractivity contribution < 1.29 is 14.3 Å². The summed E-state index contributed by atoms with van der Waals surface area (Å²) in [5.74, 6) is -0.448. The second-order valence-electron chi connectivity index (χ2n) is 3.37. The minimum atomic E-state index is -0.371. The number of hydrogen-bond donors (Lipinski definition) is 1. The van der Waals surface area contributed by atoms with E-state index in [4.69, 9.17) is 0 Å². The third kappa shape index (κ3) is 1.70. The van der Waals surface area contributed by atoms with E-state index in [9.17, 15) is 9.59 Å². The van der Waals surface area contributed by atoms with E-state index in [1.807, 2.05) is 0 Å². The Morgan fingerprint density at radius 3 is 3.00 bits per heavy atom. The molecule has 1 amide bonds. The van der Waals surface area contributed by atoms with Gasteiger partial charge in [0.25, 0.3) is 5.91 Å². The number of carbonyl (C=O) groups is 2. The summed E-state index contributed by atoms with van der Waals surface area (Å²) in [6, 6.07) is 4.99. The smallest absolute Gasteiger partial charge is 0.337 e. The molecule has 1 N–H and O–H groups in total. The molecule has 4 nitrogen and oxygen atoms in total. The van der Waals surface area contributed by atoms with E-state index in [1.54, 1.807) is 18.2 Å². The molecule has 0 saturated heterocycles. The molecule has 0 bridgehead atoms. The zero-order valence-electron chi connectivity index (χ0n) is 8.37. The normalized spacial score (nSPS) is 14.1. The molecule has 78 valence electrons. The minimum Gasteiger partial charge on any atom is -0.465 e. The molecule has 0 atom stereocenters. The Morgan fingerprint density at radius 1 is 1.47 bits per heavy atom. The highest BCUT2D eigenvalue weighted by molar-refractivity contribution is 5.98. The van der Waals surface area contributed by atoms with Crippen LogP contribution in [-0.4, -0.2) is 25.5 Å². The summed E-state index contributed by atoms with van der Waals surface area (Å²) in [4.78, 5) is 22.7. The zero-order valence-corrected chi connectivity index (χ0v) is 8.37. The van der Waals surface area contributed by atoms with E-state index >= 15 is 0 Å². The van der Waals surface area contributed by atoms with E-state index in [1.165, 1.54) is 7.11 Å². The van der Waals surface area contributed by atoms with Crippen LogP contribution in [0.2, 0.25) is 0 Å². The third-order valence-electron chi connectivity index (χ3n) is 2.45. The topological polar surface area (TPSA) is 55.4 Å². The van der Waals surface area contributed by atoms with Gasteiger partial charge in [0.05, 0.1) is 12.7 Å². The number of benzene rings is 1. The van der Waals surface area contributed by atoms with Gasteiger partial charge in [0.1, 0.15) is 0 Å². The summed E-state index contributed by atoms with van der Waals surface area (Å²) in [7, 11) is 1.34. The van der Waals surface area contributed by atoms with Gasteiger partial charge in [-0.15, -0.1) is 0 Å². The number of ether oxygens (including phenoxy) is 1. The summed E-state index contributed by atoms with van der Waals surface area (Å²) in [6.45, 7) is 0.621. The molecule has 1 heterocycles. The molecule has 0 aliphatic carbocycles. The van der Waals surface area contributed by atoms with Crippen LogP contribution in [0.3, 0.4) is 0 Å². The monoisotopic (exact) mass is 205 g/mol. The van der Waals surface area contributed by atoms with Crippen molar-refractivity contribution in [3.63, 3.8) is 0 Å². The van der Waals surface area contributed by atoms with E-state index in [-0.39, 0.29) is 11.9 Å². The molecular weight excluding hydrogens is 194 g/mol. The SMILES string of the molecule is COC(=O)c1ccc2c(c1)CCNC2=O. The average Bonchev–Trinajstić information content (AvgIpc) is 2.28. The summed E-state index contributed by atoms with van der Waals surface area (Å²) < 4.78 is 4.61. The van der Waals surface area contributed by atoms with Crippen LogP contribution < -0.4 is 5.32 Å². The van der Waals surface area contributed by atoms with Crippen molar-refractivity contribution in [2.75, 3.05) is 13.7 Å². The molecule has 0 unspecified atom stereocenters. The van der Waals surface area contributed by atoms with Crippen LogP contribution in [0.4, 0.5) is 0 Å². The molecule has 0 radical (unpaired) electrons. The fourth-order valence-corrected chi connectivity index (χ4v) is 1.67. The molecule has 0 spiro atoms. The van der Waals surface area contributed by atoms with Gasteiger partial charge in [-0.25, -0.2) is 4.79 Å². The lowest BCUT2D eigenvalue weighted by molar-refractivity contribution is 0.0600. The van der Waals surface area contributed by atoms with Crippen molar-refractivity contribution in [3.8, 4) is 0 Å². The Labute approximate surface area is 87.2 Å². The number of hydrogen-bond acceptors (Lipinski definition) is 3. The van der Waals surface area contributed by atoms with Crippen LogP contribution in [-0.2, 0) is 11.2 Å². The van der Waals surface area contributed by atoms with Gasteiger partial charge in [-0.1, -0.05) is 0 Å².